The van der Waals surface area contributed by atoms with Crippen molar-refractivity contribution < 1.29 is 19.7 Å². The third-order valence-electron chi connectivity index (χ3n) is 11.5. The van der Waals surface area contributed by atoms with E-state index in [2.05, 4.69) is 33.0 Å². The van der Waals surface area contributed by atoms with E-state index in [4.69, 9.17) is 4.74 Å². The van der Waals surface area contributed by atoms with Crippen LogP contribution in [0.4, 0.5) is 4.79 Å². The molecule has 0 aromatic carbocycles. The predicted octanol–water partition coefficient (Wildman–Crippen LogP) is 5.73. The fourth-order valence-electron chi connectivity index (χ4n) is 9.78. The van der Waals surface area contributed by atoms with Crippen LogP contribution < -0.4 is 5.32 Å². The number of aliphatic hydroxyl groups is 2. The number of alkyl carbamates (subject to hydrolysis) is 1. The van der Waals surface area contributed by atoms with Crippen molar-refractivity contribution in [2.45, 2.75) is 97.7 Å². The van der Waals surface area contributed by atoms with Gasteiger partial charge in [0.15, 0.2) is 0 Å². The van der Waals surface area contributed by atoms with E-state index in [9.17, 15) is 15.0 Å². The molecule has 0 aliphatic heterocycles. The summed E-state index contributed by atoms with van der Waals surface area (Å²) in [6.07, 6.45) is 11.1. The van der Waals surface area contributed by atoms with Crippen molar-refractivity contribution >= 4 is 17.9 Å². The normalized spacial score (nSPS) is 45.7. The number of fused-ring (bicyclic) bond motifs is 5. The number of hydrogen-bond acceptors (Lipinski definition) is 5. The molecule has 4 fully saturated rings. The minimum Gasteiger partial charge on any atom is -0.450 e. The molecule has 35 heavy (non-hydrogen) atoms. The predicted molar refractivity (Wildman–Crippen MR) is 143 cm³/mol. The average molecular weight is 510 g/mol. The van der Waals surface area contributed by atoms with Gasteiger partial charge in [0, 0.05) is 12.3 Å². The van der Waals surface area contributed by atoms with Crippen LogP contribution in [0, 0.1) is 52.3 Å². The molecule has 4 aliphatic rings. The van der Waals surface area contributed by atoms with Gasteiger partial charge in [-0.2, -0.15) is 11.8 Å². The zero-order valence-corrected chi connectivity index (χ0v) is 23.6. The first-order valence-electron chi connectivity index (χ1n) is 14.4. The van der Waals surface area contributed by atoms with Crippen LogP contribution in [0.15, 0.2) is 0 Å². The van der Waals surface area contributed by atoms with E-state index in [0.29, 0.717) is 54.6 Å². The Hall–Kier alpha value is -0.460. The Morgan fingerprint density at radius 2 is 1.80 bits per heavy atom. The highest BCUT2D eigenvalue weighted by molar-refractivity contribution is 7.98. The molecule has 3 N–H and O–H groups in total. The zero-order chi connectivity index (χ0) is 25.4. The molecule has 202 valence electrons. The summed E-state index contributed by atoms with van der Waals surface area (Å²) >= 11 is 1.72. The standard InChI is InChI=1S/C29H51NO4S/c1-6-20-24-17-19(31)9-12-29(24,4)23-10-13-28(3)21(7-8-22(28)25(23)26(20)32)18(2)11-15-34-27(33)30-14-16-35-5/h18-26,31-32H,6-17H2,1-5H3,(H,30,33)/t18-,19-,20-,21-,22+,23+,24?,25?,26-,28?,29?/m1/s1. The van der Waals surface area contributed by atoms with E-state index < -0.39 is 0 Å². The second-order valence-electron chi connectivity index (χ2n) is 12.9. The highest BCUT2D eigenvalue weighted by Gasteiger charge is 2.64. The lowest BCUT2D eigenvalue weighted by atomic mass is 9.41. The van der Waals surface area contributed by atoms with Crippen LogP contribution in [0.25, 0.3) is 0 Å². The highest BCUT2D eigenvalue weighted by Crippen LogP contribution is 2.69. The number of hydrogen-bond donors (Lipinski definition) is 3. The van der Waals surface area contributed by atoms with Crippen molar-refractivity contribution in [3.8, 4) is 0 Å². The molecule has 0 aromatic rings. The number of carbonyl (C=O) groups is 1. The van der Waals surface area contributed by atoms with Crippen LogP contribution >= 0.6 is 11.8 Å². The van der Waals surface area contributed by atoms with Crippen LogP contribution in [0.2, 0.25) is 0 Å². The molecule has 0 saturated heterocycles. The summed E-state index contributed by atoms with van der Waals surface area (Å²) in [7, 11) is 0. The van der Waals surface area contributed by atoms with Crippen LogP contribution in [0.1, 0.15) is 85.5 Å². The van der Waals surface area contributed by atoms with Gasteiger partial charge < -0.3 is 20.3 Å². The first-order chi connectivity index (χ1) is 16.7. The SMILES string of the molecule is CC[C@@H]1C2C[C@H](O)CCC2(C)[C@H]2CCC3(C)[C@@H]([C@H](C)CCOC(=O)NCCSC)CC[C@H]3C2[C@@H]1O. The molecule has 11 atom stereocenters. The summed E-state index contributed by atoms with van der Waals surface area (Å²) in [5.74, 6) is 4.36. The van der Waals surface area contributed by atoms with Gasteiger partial charge in [0.1, 0.15) is 0 Å². The number of aliphatic hydroxyl groups excluding tert-OH is 2. The van der Waals surface area contributed by atoms with Crippen molar-refractivity contribution in [3.05, 3.63) is 0 Å². The van der Waals surface area contributed by atoms with Gasteiger partial charge in [0.25, 0.3) is 0 Å². The lowest BCUT2D eigenvalue weighted by molar-refractivity contribution is -0.203. The lowest BCUT2D eigenvalue weighted by Gasteiger charge is -2.64. The quantitative estimate of drug-likeness (QED) is 0.364. The maximum Gasteiger partial charge on any atom is 0.407 e. The van der Waals surface area contributed by atoms with E-state index in [1.807, 2.05) is 6.26 Å². The molecule has 0 aromatic heterocycles. The van der Waals surface area contributed by atoms with Crippen LogP contribution in [0.5, 0.6) is 0 Å². The highest BCUT2D eigenvalue weighted by atomic mass is 32.2. The molecule has 4 rings (SSSR count). The number of thioether (sulfide) groups is 1. The monoisotopic (exact) mass is 509 g/mol. The van der Waals surface area contributed by atoms with Crippen LogP contribution in [-0.2, 0) is 4.74 Å². The Balaban J connectivity index is 1.43. The number of carbonyl (C=O) groups excluding carboxylic acids is 1. The van der Waals surface area contributed by atoms with Crippen molar-refractivity contribution in [2.24, 2.45) is 52.3 Å². The summed E-state index contributed by atoms with van der Waals surface area (Å²) in [5, 5.41) is 25.1. The fraction of sp³-hybridized carbons (Fsp3) is 0.966. The Morgan fingerprint density at radius 3 is 2.51 bits per heavy atom. The molecule has 0 spiro atoms. The van der Waals surface area contributed by atoms with Crippen molar-refractivity contribution in [3.63, 3.8) is 0 Å². The Bertz CT molecular complexity index is 735. The first kappa shape index (κ1) is 27.6. The topological polar surface area (TPSA) is 78.8 Å². The molecule has 4 saturated carbocycles. The van der Waals surface area contributed by atoms with Crippen molar-refractivity contribution in [1.82, 2.24) is 5.32 Å². The van der Waals surface area contributed by atoms with E-state index in [1.165, 1.54) is 25.7 Å². The Kier molecular flexibility index (Phi) is 8.75. The van der Waals surface area contributed by atoms with E-state index in [-0.39, 0.29) is 29.1 Å². The molecule has 6 heteroatoms. The maximum absolute atomic E-state index is 11.9. The third kappa shape index (κ3) is 5.02. The third-order valence-corrected chi connectivity index (χ3v) is 12.1. The summed E-state index contributed by atoms with van der Waals surface area (Å²) in [6, 6.07) is 0. The molecular formula is C29H51NO4S. The van der Waals surface area contributed by atoms with Gasteiger partial charge in [-0.1, -0.05) is 34.1 Å². The van der Waals surface area contributed by atoms with Gasteiger partial charge in [-0.05, 0) is 110 Å². The molecule has 0 bridgehead atoms. The van der Waals surface area contributed by atoms with Gasteiger partial charge in [-0.25, -0.2) is 4.79 Å². The summed E-state index contributed by atoms with van der Waals surface area (Å²) in [4.78, 5) is 11.9. The van der Waals surface area contributed by atoms with E-state index in [0.717, 1.165) is 37.9 Å². The number of nitrogens with one attached hydrogen (secondary N) is 1. The summed E-state index contributed by atoms with van der Waals surface area (Å²) in [6.45, 7) is 10.8. The minimum absolute atomic E-state index is 0.189. The summed E-state index contributed by atoms with van der Waals surface area (Å²) in [5.41, 5.74) is 0.518. The molecule has 0 heterocycles. The molecule has 0 radical (unpaired) electrons. The fourth-order valence-corrected chi connectivity index (χ4v) is 10.1. The van der Waals surface area contributed by atoms with Crippen LogP contribution in [0.3, 0.4) is 0 Å². The van der Waals surface area contributed by atoms with E-state index >= 15 is 0 Å². The first-order valence-corrected chi connectivity index (χ1v) is 15.8. The molecule has 4 unspecified atom stereocenters. The smallest absolute Gasteiger partial charge is 0.407 e. The largest absolute Gasteiger partial charge is 0.450 e. The van der Waals surface area contributed by atoms with Crippen molar-refractivity contribution in [2.75, 3.05) is 25.2 Å². The minimum atomic E-state index is -0.293. The average Bonchev–Trinajstić information content (AvgIpc) is 3.18. The Labute approximate surface area is 217 Å². The number of rotatable bonds is 8. The summed E-state index contributed by atoms with van der Waals surface area (Å²) < 4.78 is 5.48. The van der Waals surface area contributed by atoms with Gasteiger partial charge in [0.2, 0.25) is 0 Å². The zero-order valence-electron chi connectivity index (χ0n) is 22.8. The second-order valence-corrected chi connectivity index (χ2v) is 13.9. The lowest BCUT2D eigenvalue weighted by Crippen LogP contribution is -2.62. The molecule has 5 nitrogen and oxygen atoms in total. The van der Waals surface area contributed by atoms with E-state index in [1.54, 1.807) is 11.8 Å². The Morgan fingerprint density at radius 1 is 1.09 bits per heavy atom. The van der Waals surface area contributed by atoms with Crippen molar-refractivity contribution in [1.29, 1.82) is 0 Å². The van der Waals surface area contributed by atoms with Gasteiger partial charge >= 0.3 is 6.09 Å². The van der Waals surface area contributed by atoms with Gasteiger partial charge in [-0.3, -0.25) is 0 Å². The number of amides is 1. The molecule has 1 amide bonds. The second kappa shape index (κ2) is 11.1. The van der Waals surface area contributed by atoms with Gasteiger partial charge in [0.05, 0.1) is 18.8 Å². The van der Waals surface area contributed by atoms with Gasteiger partial charge in [-0.15, -0.1) is 0 Å². The molecule has 4 aliphatic carbocycles. The van der Waals surface area contributed by atoms with Crippen LogP contribution in [-0.4, -0.2) is 53.7 Å². The number of ether oxygens (including phenoxy) is 1. The maximum atomic E-state index is 11.9. The molecular weight excluding hydrogens is 458 g/mol.